The number of hydrogen-bond acceptors (Lipinski definition) is 3. The summed E-state index contributed by atoms with van der Waals surface area (Å²) < 4.78 is 4.47. The van der Waals surface area contributed by atoms with Gasteiger partial charge in [0.25, 0.3) is 0 Å². The molecule has 0 spiro atoms. The van der Waals surface area contributed by atoms with E-state index in [9.17, 15) is 0 Å². The lowest BCUT2D eigenvalue weighted by Gasteiger charge is -1.98. The van der Waals surface area contributed by atoms with Gasteiger partial charge in [0.1, 0.15) is 15.8 Å². The Morgan fingerprint density at radius 1 is 1.28 bits per heavy atom. The second-order valence-electron chi connectivity index (χ2n) is 4.34. The molecule has 0 radical (unpaired) electrons. The molecule has 0 aliphatic carbocycles. The normalized spacial score (nSPS) is 11.3. The highest BCUT2D eigenvalue weighted by Gasteiger charge is 2.14. The molecule has 0 fully saturated rings. The first kappa shape index (κ1) is 11.4. The predicted molar refractivity (Wildman–Crippen MR) is 73.1 cm³/mol. The molecule has 0 aliphatic heterocycles. The molecule has 92 valence electrons. The van der Waals surface area contributed by atoms with Gasteiger partial charge in [-0.1, -0.05) is 0 Å². The van der Waals surface area contributed by atoms with E-state index in [0.717, 1.165) is 32.5 Å². The Kier molecular flexibility index (Phi) is 2.48. The second kappa shape index (κ2) is 3.91. The molecule has 0 saturated heterocycles. The lowest BCUT2D eigenvalue weighted by atomic mass is 10.2. The van der Waals surface area contributed by atoms with Crippen molar-refractivity contribution in [3.8, 4) is 11.3 Å². The molecule has 3 aromatic rings. The van der Waals surface area contributed by atoms with Gasteiger partial charge in [-0.05, 0) is 34.5 Å². The van der Waals surface area contributed by atoms with E-state index >= 15 is 0 Å². The van der Waals surface area contributed by atoms with E-state index in [4.69, 9.17) is 0 Å². The Bertz CT molecular complexity index is 740. The van der Waals surface area contributed by atoms with Crippen LogP contribution in [-0.4, -0.2) is 24.5 Å². The van der Waals surface area contributed by atoms with Crippen molar-refractivity contribution < 1.29 is 0 Å². The highest BCUT2D eigenvalue weighted by molar-refractivity contribution is 9.10. The van der Waals surface area contributed by atoms with Crippen LogP contribution in [0.3, 0.4) is 0 Å². The topological polar surface area (TPSA) is 48.5 Å². The molecule has 0 aliphatic rings. The van der Waals surface area contributed by atoms with Gasteiger partial charge in [0.15, 0.2) is 0 Å². The first-order valence-corrected chi connectivity index (χ1v) is 6.34. The number of halogens is 1. The van der Waals surface area contributed by atoms with Gasteiger partial charge in [-0.15, -0.1) is 0 Å². The van der Waals surface area contributed by atoms with E-state index in [2.05, 4.69) is 37.2 Å². The van der Waals surface area contributed by atoms with Crippen LogP contribution in [0.4, 0.5) is 0 Å². The lowest BCUT2D eigenvalue weighted by molar-refractivity contribution is 0.767. The van der Waals surface area contributed by atoms with Gasteiger partial charge in [-0.3, -0.25) is 9.36 Å². The number of fused-ring (bicyclic) bond motifs is 1. The molecule has 0 N–H and O–H groups in total. The summed E-state index contributed by atoms with van der Waals surface area (Å²) in [6.45, 7) is 2.02. The fourth-order valence-electron chi connectivity index (χ4n) is 1.99. The van der Waals surface area contributed by atoms with Crippen LogP contribution in [0.15, 0.2) is 23.1 Å². The third-order valence-corrected chi connectivity index (χ3v) is 3.74. The van der Waals surface area contributed by atoms with Crippen molar-refractivity contribution >= 4 is 27.0 Å². The molecular weight excluding hydrogens is 294 g/mol. The number of aromatic nitrogens is 5. The minimum atomic E-state index is 0.855. The minimum absolute atomic E-state index is 0.855. The predicted octanol–water partition coefficient (Wildman–Crippen LogP) is 2.44. The maximum absolute atomic E-state index is 4.58. The summed E-state index contributed by atoms with van der Waals surface area (Å²) in [7, 11) is 3.82. The molecule has 3 aromatic heterocycles. The Morgan fingerprint density at radius 3 is 2.72 bits per heavy atom. The number of hydrogen-bond donors (Lipinski definition) is 0. The van der Waals surface area contributed by atoms with Crippen molar-refractivity contribution in [3.05, 3.63) is 28.6 Å². The molecule has 0 saturated carbocycles. The zero-order chi connectivity index (χ0) is 12.9. The maximum atomic E-state index is 4.58. The molecule has 0 bridgehead atoms. The van der Waals surface area contributed by atoms with Crippen LogP contribution in [0.5, 0.6) is 0 Å². The first-order chi connectivity index (χ1) is 8.56. The highest BCUT2D eigenvalue weighted by Crippen LogP contribution is 2.28. The van der Waals surface area contributed by atoms with E-state index in [-0.39, 0.29) is 0 Å². The van der Waals surface area contributed by atoms with E-state index in [0.29, 0.717) is 0 Å². The number of nitrogens with zero attached hydrogens (tertiary/aromatic N) is 5. The maximum Gasteiger partial charge on any atom is 0.122 e. The van der Waals surface area contributed by atoms with Gasteiger partial charge in [-0.2, -0.15) is 10.2 Å². The summed E-state index contributed by atoms with van der Waals surface area (Å²) in [6, 6.07) is 2.08. The zero-order valence-electron chi connectivity index (χ0n) is 10.3. The summed E-state index contributed by atoms with van der Waals surface area (Å²) in [5.74, 6) is 0. The van der Waals surface area contributed by atoms with Crippen molar-refractivity contribution in [3.63, 3.8) is 0 Å². The first-order valence-electron chi connectivity index (χ1n) is 5.55. The van der Waals surface area contributed by atoms with E-state index < -0.39 is 0 Å². The molecule has 0 atom stereocenters. The van der Waals surface area contributed by atoms with Gasteiger partial charge >= 0.3 is 0 Å². The monoisotopic (exact) mass is 305 g/mol. The van der Waals surface area contributed by atoms with Gasteiger partial charge in [0.2, 0.25) is 0 Å². The van der Waals surface area contributed by atoms with E-state index in [1.807, 2.05) is 31.9 Å². The van der Waals surface area contributed by atoms with Crippen LogP contribution in [0.2, 0.25) is 0 Å². The second-order valence-corrected chi connectivity index (χ2v) is 5.09. The van der Waals surface area contributed by atoms with Gasteiger partial charge in [0.05, 0.1) is 11.7 Å². The molecule has 5 nitrogen and oxygen atoms in total. The van der Waals surface area contributed by atoms with Crippen LogP contribution in [0.1, 0.15) is 5.56 Å². The number of pyridine rings is 1. The number of rotatable bonds is 1. The minimum Gasteiger partial charge on any atom is -0.275 e. The lowest BCUT2D eigenvalue weighted by Crippen LogP contribution is -1.90. The largest absolute Gasteiger partial charge is 0.275 e. The third-order valence-electron chi connectivity index (χ3n) is 2.93. The molecule has 3 heterocycles. The SMILES string of the molecule is Cc1cc2c(nc1Br)c(-c1cnn(C)c1)nn2C. The van der Waals surface area contributed by atoms with E-state index in [1.54, 1.807) is 10.9 Å². The standard InChI is InChI=1S/C12H12BrN5/c1-7-4-9-11(15-12(7)13)10(16-18(9)3)8-5-14-17(2)6-8/h4-6H,1-3H3. The zero-order valence-corrected chi connectivity index (χ0v) is 11.9. The van der Waals surface area contributed by atoms with Crippen molar-refractivity contribution in [1.82, 2.24) is 24.5 Å². The molecule has 6 heteroatoms. The fraction of sp³-hybridized carbons (Fsp3) is 0.250. The van der Waals surface area contributed by atoms with Gasteiger partial charge in [-0.25, -0.2) is 4.98 Å². The van der Waals surface area contributed by atoms with Crippen LogP contribution in [0, 0.1) is 6.92 Å². The highest BCUT2D eigenvalue weighted by atomic mass is 79.9. The summed E-state index contributed by atoms with van der Waals surface area (Å²) in [6.07, 6.45) is 3.74. The third kappa shape index (κ3) is 1.64. The van der Waals surface area contributed by atoms with Crippen molar-refractivity contribution in [2.24, 2.45) is 14.1 Å². The molecule has 18 heavy (non-hydrogen) atoms. The van der Waals surface area contributed by atoms with Crippen LogP contribution in [0.25, 0.3) is 22.3 Å². The fourth-order valence-corrected chi connectivity index (χ4v) is 2.28. The van der Waals surface area contributed by atoms with Gasteiger partial charge < -0.3 is 0 Å². The Balaban J connectivity index is 2.34. The summed E-state index contributed by atoms with van der Waals surface area (Å²) in [5.41, 5.74) is 4.86. The van der Waals surface area contributed by atoms with Crippen LogP contribution in [-0.2, 0) is 14.1 Å². The van der Waals surface area contributed by atoms with Crippen LogP contribution >= 0.6 is 15.9 Å². The summed E-state index contributed by atoms with van der Waals surface area (Å²) in [5, 5.41) is 8.71. The average Bonchev–Trinajstić information content (AvgIpc) is 2.86. The molecule has 0 aromatic carbocycles. The Hall–Kier alpha value is -1.69. The summed E-state index contributed by atoms with van der Waals surface area (Å²) in [4.78, 5) is 4.58. The average molecular weight is 306 g/mol. The Morgan fingerprint density at radius 2 is 2.06 bits per heavy atom. The quantitative estimate of drug-likeness (QED) is 0.649. The van der Waals surface area contributed by atoms with Crippen molar-refractivity contribution in [2.45, 2.75) is 6.92 Å². The Labute approximate surface area is 113 Å². The smallest absolute Gasteiger partial charge is 0.122 e. The van der Waals surface area contributed by atoms with Crippen molar-refractivity contribution in [1.29, 1.82) is 0 Å². The molecule has 0 amide bonds. The van der Waals surface area contributed by atoms with Crippen molar-refractivity contribution in [2.75, 3.05) is 0 Å². The molecule has 0 unspecified atom stereocenters. The van der Waals surface area contributed by atoms with Crippen LogP contribution < -0.4 is 0 Å². The molecule has 3 rings (SSSR count). The summed E-state index contributed by atoms with van der Waals surface area (Å²) >= 11 is 3.47. The van der Waals surface area contributed by atoms with Gasteiger partial charge in [0, 0.05) is 25.9 Å². The molecular formula is C12H12BrN5. The number of aryl methyl sites for hydroxylation is 3. The van der Waals surface area contributed by atoms with E-state index in [1.165, 1.54) is 0 Å².